The summed E-state index contributed by atoms with van der Waals surface area (Å²) in [6.07, 6.45) is 25.6. The SMILES string of the molecule is C#C\C(C(=C)/C=C/C(CC)CCCC)=C(C(/C=C\C)=C/C=C\C)\c1ccccc1.C=C. The van der Waals surface area contributed by atoms with Crippen LogP contribution in [0.5, 0.6) is 0 Å². The quantitative estimate of drug-likeness (QED) is 0.193. The Morgan fingerprint density at radius 1 is 1.06 bits per heavy atom. The molecular formula is C31H40. The molecule has 164 valence electrons. The molecule has 0 aromatic heterocycles. The standard InChI is InChI=1S/C29H36.C2H4/c1-7-12-18-25(10-4)23-22-24(6)28(11-5)29(27-20-15-14-16-21-27)26(17-9-3)19-13-8-2;1-2/h5,8-9,13-17,19-23,25H,6-7,10,12,18H2,1-4H3;1-2H2/b13-8-,17-9-,23-22+,26-19+,29-28-;. The molecule has 0 bridgehead atoms. The predicted octanol–water partition coefficient (Wildman–Crippen LogP) is 9.28. The van der Waals surface area contributed by atoms with Crippen molar-refractivity contribution >= 4 is 5.57 Å². The van der Waals surface area contributed by atoms with Crippen molar-refractivity contribution in [2.45, 2.75) is 53.4 Å². The summed E-state index contributed by atoms with van der Waals surface area (Å²) in [5.74, 6) is 3.50. The molecule has 31 heavy (non-hydrogen) atoms. The molecule has 0 nitrogen and oxygen atoms in total. The molecule has 1 aromatic carbocycles. The minimum Gasteiger partial charge on any atom is -0.115 e. The van der Waals surface area contributed by atoms with Crippen molar-refractivity contribution in [1.29, 1.82) is 0 Å². The highest BCUT2D eigenvalue weighted by atomic mass is 14.2. The van der Waals surface area contributed by atoms with E-state index in [4.69, 9.17) is 6.42 Å². The molecule has 0 N–H and O–H groups in total. The molecule has 0 aliphatic rings. The fourth-order valence-corrected chi connectivity index (χ4v) is 3.23. The van der Waals surface area contributed by atoms with E-state index >= 15 is 0 Å². The van der Waals surface area contributed by atoms with Crippen LogP contribution in [0, 0.1) is 18.3 Å². The monoisotopic (exact) mass is 412 g/mol. The van der Waals surface area contributed by atoms with Gasteiger partial charge in [-0.05, 0) is 49.3 Å². The number of terminal acetylenes is 1. The molecule has 0 fully saturated rings. The molecule has 0 saturated heterocycles. The lowest BCUT2D eigenvalue weighted by Gasteiger charge is -2.15. The number of allylic oxidation sites excluding steroid dienone is 11. The van der Waals surface area contributed by atoms with Gasteiger partial charge in [0.15, 0.2) is 0 Å². The van der Waals surface area contributed by atoms with Crippen LogP contribution in [-0.4, -0.2) is 0 Å². The van der Waals surface area contributed by atoms with Crippen LogP contribution in [-0.2, 0) is 0 Å². The van der Waals surface area contributed by atoms with Gasteiger partial charge in [0, 0.05) is 11.1 Å². The van der Waals surface area contributed by atoms with E-state index in [9.17, 15) is 0 Å². The van der Waals surface area contributed by atoms with Gasteiger partial charge in [-0.15, -0.1) is 19.6 Å². The summed E-state index contributed by atoms with van der Waals surface area (Å²) in [6.45, 7) is 18.8. The summed E-state index contributed by atoms with van der Waals surface area (Å²) < 4.78 is 0. The highest BCUT2D eigenvalue weighted by Gasteiger charge is 2.13. The molecule has 0 aliphatic carbocycles. The summed E-state index contributed by atoms with van der Waals surface area (Å²) in [7, 11) is 0. The molecular weight excluding hydrogens is 372 g/mol. The average Bonchev–Trinajstić information content (AvgIpc) is 2.82. The van der Waals surface area contributed by atoms with Gasteiger partial charge in [-0.1, -0.05) is 112 Å². The number of benzene rings is 1. The predicted molar refractivity (Wildman–Crippen MR) is 143 cm³/mol. The van der Waals surface area contributed by atoms with E-state index in [1.165, 1.54) is 19.3 Å². The molecule has 0 heterocycles. The maximum Gasteiger partial charge on any atom is 0.0393 e. The van der Waals surface area contributed by atoms with Crippen LogP contribution >= 0.6 is 0 Å². The fourth-order valence-electron chi connectivity index (χ4n) is 3.23. The van der Waals surface area contributed by atoms with Crippen molar-refractivity contribution in [3.63, 3.8) is 0 Å². The van der Waals surface area contributed by atoms with Crippen LogP contribution in [0.15, 0.2) is 109 Å². The second kappa shape index (κ2) is 17.8. The smallest absolute Gasteiger partial charge is 0.0393 e. The van der Waals surface area contributed by atoms with Gasteiger partial charge in [0.25, 0.3) is 0 Å². The number of rotatable bonds is 11. The Bertz CT molecular complexity index is 832. The lowest BCUT2D eigenvalue weighted by atomic mass is 9.88. The highest BCUT2D eigenvalue weighted by Crippen LogP contribution is 2.31. The summed E-state index contributed by atoms with van der Waals surface area (Å²) in [6, 6.07) is 10.3. The van der Waals surface area contributed by atoms with Gasteiger partial charge in [-0.3, -0.25) is 0 Å². The molecule has 0 aliphatic heterocycles. The van der Waals surface area contributed by atoms with Gasteiger partial charge in [0.05, 0.1) is 0 Å². The second-order valence-corrected chi connectivity index (χ2v) is 7.10. The Balaban J connectivity index is 0.00000436. The Morgan fingerprint density at radius 3 is 2.26 bits per heavy atom. The molecule has 0 radical (unpaired) electrons. The molecule has 0 amide bonds. The van der Waals surface area contributed by atoms with Crippen molar-refractivity contribution in [3.8, 4) is 12.3 Å². The summed E-state index contributed by atoms with van der Waals surface area (Å²) in [5.41, 5.74) is 4.95. The molecule has 1 unspecified atom stereocenters. The first-order valence-corrected chi connectivity index (χ1v) is 11.2. The van der Waals surface area contributed by atoms with E-state index in [1.807, 2.05) is 50.3 Å². The van der Waals surface area contributed by atoms with Crippen molar-refractivity contribution in [1.82, 2.24) is 0 Å². The Labute approximate surface area is 192 Å². The first kappa shape index (κ1) is 28.0. The molecule has 0 heteroatoms. The number of hydrogen-bond donors (Lipinski definition) is 0. The van der Waals surface area contributed by atoms with Crippen LogP contribution in [0.25, 0.3) is 5.57 Å². The maximum absolute atomic E-state index is 6.02. The minimum atomic E-state index is 0.569. The van der Waals surface area contributed by atoms with Gasteiger partial charge >= 0.3 is 0 Å². The first-order valence-electron chi connectivity index (χ1n) is 11.2. The summed E-state index contributed by atoms with van der Waals surface area (Å²) in [4.78, 5) is 0. The third kappa shape index (κ3) is 10.0. The fraction of sp³-hybridized carbons (Fsp3) is 0.290. The van der Waals surface area contributed by atoms with Crippen LogP contribution in [0.2, 0.25) is 0 Å². The first-order chi connectivity index (χ1) is 15.1. The van der Waals surface area contributed by atoms with E-state index in [0.717, 1.165) is 34.3 Å². The van der Waals surface area contributed by atoms with E-state index in [0.29, 0.717) is 5.92 Å². The number of hydrogen-bond acceptors (Lipinski definition) is 0. The van der Waals surface area contributed by atoms with Crippen LogP contribution < -0.4 is 0 Å². The second-order valence-electron chi connectivity index (χ2n) is 7.10. The summed E-state index contributed by atoms with van der Waals surface area (Å²) in [5, 5.41) is 0. The largest absolute Gasteiger partial charge is 0.115 e. The topological polar surface area (TPSA) is 0 Å². The molecule has 0 saturated carbocycles. The van der Waals surface area contributed by atoms with Gasteiger partial charge in [-0.25, -0.2) is 0 Å². The Kier molecular flexibility index (Phi) is 16.0. The lowest BCUT2D eigenvalue weighted by Crippen LogP contribution is -1.97. The van der Waals surface area contributed by atoms with E-state index in [2.05, 4.69) is 75.9 Å². The van der Waals surface area contributed by atoms with E-state index < -0.39 is 0 Å². The molecule has 0 spiro atoms. The third-order valence-electron chi connectivity index (χ3n) is 4.90. The van der Waals surface area contributed by atoms with Crippen LogP contribution in [0.3, 0.4) is 0 Å². The van der Waals surface area contributed by atoms with Crippen LogP contribution in [0.1, 0.15) is 58.9 Å². The van der Waals surface area contributed by atoms with Gasteiger partial charge in [0.1, 0.15) is 0 Å². The van der Waals surface area contributed by atoms with E-state index in [-0.39, 0.29) is 0 Å². The van der Waals surface area contributed by atoms with Crippen molar-refractivity contribution in [2.75, 3.05) is 0 Å². The van der Waals surface area contributed by atoms with E-state index in [1.54, 1.807) is 0 Å². The highest BCUT2D eigenvalue weighted by molar-refractivity contribution is 5.89. The molecule has 1 aromatic rings. The zero-order chi connectivity index (χ0) is 23.5. The zero-order valence-electron chi connectivity index (χ0n) is 20.0. The normalized spacial score (nSPS) is 13.6. The Hall–Kier alpha value is -3.04. The minimum absolute atomic E-state index is 0.569. The Morgan fingerprint density at radius 2 is 1.74 bits per heavy atom. The van der Waals surface area contributed by atoms with Crippen molar-refractivity contribution in [2.24, 2.45) is 5.92 Å². The molecule has 1 atom stereocenters. The maximum atomic E-state index is 6.02. The van der Waals surface area contributed by atoms with Gasteiger partial charge < -0.3 is 0 Å². The van der Waals surface area contributed by atoms with Gasteiger partial charge in [-0.2, -0.15) is 0 Å². The van der Waals surface area contributed by atoms with Gasteiger partial charge in [0.2, 0.25) is 0 Å². The van der Waals surface area contributed by atoms with Crippen LogP contribution in [0.4, 0.5) is 0 Å². The third-order valence-corrected chi connectivity index (χ3v) is 4.90. The average molecular weight is 413 g/mol. The van der Waals surface area contributed by atoms with Crippen molar-refractivity contribution in [3.05, 3.63) is 115 Å². The lowest BCUT2D eigenvalue weighted by molar-refractivity contribution is 0.540. The summed E-state index contributed by atoms with van der Waals surface area (Å²) >= 11 is 0. The molecule has 1 rings (SSSR count). The zero-order valence-corrected chi connectivity index (χ0v) is 20.0. The number of unbranched alkanes of at least 4 members (excludes halogenated alkanes) is 1. The van der Waals surface area contributed by atoms with Crippen molar-refractivity contribution < 1.29 is 0 Å².